The van der Waals surface area contributed by atoms with Crippen LogP contribution in [-0.4, -0.2) is 42.3 Å². The van der Waals surface area contributed by atoms with Crippen molar-refractivity contribution in [2.24, 2.45) is 5.92 Å². The molecule has 0 unspecified atom stereocenters. The number of rotatable bonds is 6. The highest BCUT2D eigenvalue weighted by molar-refractivity contribution is 14.1. The summed E-state index contributed by atoms with van der Waals surface area (Å²) in [7, 11) is -1.92. The van der Waals surface area contributed by atoms with Gasteiger partial charge in [0.05, 0.1) is 30.8 Å². The smallest absolute Gasteiger partial charge is 0.330 e. The maximum atomic E-state index is 12.1. The lowest BCUT2D eigenvalue weighted by molar-refractivity contribution is -0.244. The van der Waals surface area contributed by atoms with E-state index in [9.17, 15) is 14.7 Å². The number of hydrogen-bond acceptors (Lipinski definition) is 5. The minimum absolute atomic E-state index is 0.0847. The van der Waals surface area contributed by atoms with Gasteiger partial charge in [0.25, 0.3) is 5.56 Å². The normalized spacial score (nSPS) is 24.0. The summed E-state index contributed by atoms with van der Waals surface area (Å²) in [5.74, 6) is -0.264. The number of nitrogens with zero attached hydrogens (tertiary/aromatic N) is 1. The fourth-order valence-corrected chi connectivity index (χ4v) is 3.90. The van der Waals surface area contributed by atoms with E-state index < -0.39 is 25.8 Å². The van der Waals surface area contributed by atoms with Crippen LogP contribution in [0.15, 0.2) is 19.9 Å². The van der Waals surface area contributed by atoms with Gasteiger partial charge in [-0.25, -0.2) is 4.79 Å². The van der Waals surface area contributed by atoms with E-state index in [2.05, 4.69) is 38.8 Å². The highest BCUT2D eigenvalue weighted by Gasteiger charge is 2.46. The summed E-state index contributed by atoms with van der Waals surface area (Å²) in [4.78, 5) is 26.2. The van der Waals surface area contributed by atoms with Crippen molar-refractivity contribution >= 4 is 37.0 Å². The maximum Gasteiger partial charge on any atom is 0.330 e. The average molecular weight is 494 g/mol. The van der Waals surface area contributed by atoms with Crippen molar-refractivity contribution in [1.29, 1.82) is 0 Å². The number of hydrogen-bond donors (Lipinski definition) is 2. The van der Waals surface area contributed by atoms with Crippen LogP contribution in [0.4, 0.5) is 0 Å². The molecule has 7 nitrogen and oxygen atoms in total. The van der Waals surface area contributed by atoms with Crippen LogP contribution in [-0.2, 0) is 9.16 Å². The third kappa shape index (κ3) is 4.38. The van der Waals surface area contributed by atoms with Crippen molar-refractivity contribution < 1.29 is 14.3 Å². The summed E-state index contributed by atoms with van der Waals surface area (Å²) in [5, 5.41) is 9.85. The first-order chi connectivity index (χ1) is 12.0. The van der Waals surface area contributed by atoms with Crippen molar-refractivity contribution in [3.63, 3.8) is 0 Å². The Morgan fingerprint density at radius 3 is 2.62 bits per heavy atom. The van der Waals surface area contributed by atoms with E-state index in [1.807, 2.05) is 22.6 Å². The van der Waals surface area contributed by atoms with E-state index in [1.54, 1.807) is 10.2 Å². The van der Waals surface area contributed by atoms with Gasteiger partial charge in [-0.05, 0) is 28.3 Å². The maximum absolute atomic E-state index is 12.1. The lowest BCUT2D eigenvalue weighted by atomic mass is 9.95. The number of ether oxygens (including phenoxy) is 1. The predicted octanol–water partition coefficient (Wildman–Crippen LogP) is 2.47. The van der Waals surface area contributed by atoms with Gasteiger partial charge in [0.1, 0.15) is 6.23 Å². The summed E-state index contributed by atoms with van der Waals surface area (Å²) in [6, 6.07) is 0. The topological polar surface area (TPSA) is 93.5 Å². The molecule has 1 saturated heterocycles. The number of aliphatic hydroxyl groups is 1. The second-order valence-corrected chi connectivity index (χ2v) is 13.6. The molecule has 1 aromatic rings. The molecule has 26 heavy (non-hydrogen) atoms. The molecule has 2 heterocycles. The van der Waals surface area contributed by atoms with Crippen LogP contribution in [0.1, 0.15) is 32.6 Å². The molecule has 0 aromatic carbocycles. The Labute approximate surface area is 167 Å². The van der Waals surface area contributed by atoms with Gasteiger partial charge in [-0.15, -0.1) is 0 Å². The SMILES string of the molecule is CC(C)(C)[Si](C)(C)OC[C@H]1O[C@@H](n2cc(C=CI)c(=O)[nH]c2=O)[C@@H]1CO. The lowest BCUT2D eigenvalue weighted by Gasteiger charge is -2.46. The van der Waals surface area contributed by atoms with Gasteiger partial charge in [0.15, 0.2) is 8.32 Å². The lowest BCUT2D eigenvalue weighted by Crippen LogP contribution is -2.55. The van der Waals surface area contributed by atoms with E-state index in [-0.39, 0.29) is 23.7 Å². The van der Waals surface area contributed by atoms with Crippen LogP contribution in [0.5, 0.6) is 0 Å². The summed E-state index contributed by atoms with van der Waals surface area (Å²) in [6.45, 7) is 11.1. The molecule has 0 aliphatic carbocycles. The van der Waals surface area contributed by atoms with Crippen LogP contribution < -0.4 is 11.2 Å². The van der Waals surface area contributed by atoms with Gasteiger partial charge in [-0.2, -0.15) is 0 Å². The van der Waals surface area contributed by atoms with Gasteiger partial charge in [-0.1, -0.05) is 43.4 Å². The van der Waals surface area contributed by atoms with Crippen molar-refractivity contribution in [2.75, 3.05) is 13.2 Å². The predicted molar refractivity (Wildman–Crippen MR) is 112 cm³/mol. The third-order valence-electron chi connectivity index (χ3n) is 5.30. The summed E-state index contributed by atoms with van der Waals surface area (Å²) >= 11 is 2.00. The average Bonchev–Trinajstić information content (AvgIpc) is 2.49. The fraction of sp³-hybridized carbons (Fsp3) is 0.647. The zero-order valence-electron chi connectivity index (χ0n) is 15.8. The molecule has 1 aromatic heterocycles. The fourth-order valence-electron chi connectivity index (χ4n) is 2.50. The molecule has 1 aliphatic rings. The van der Waals surface area contributed by atoms with Gasteiger partial charge in [-0.3, -0.25) is 14.3 Å². The van der Waals surface area contributed by atoms with Crippen LogP contribution in [0, 0.1) is 5.92 Å². The number of nitrogens with one attached hydrogen (secondary N) is 1. The zero-order chi connectivity index (χ0) is 19.7. The number of aromatic amines is 1. The monoisotopic (exact) mass is 494 g/mol. The quantitative estimate of drug-likeness (QED) is 0.468. The Hall–Kier alpha value is -0.753. The zero-order valence-corrected chi connectivity index (χ0v) is 18.9. The Morgan fingerprint density at radius 1 is 1.42 bits per heavy atom. The second kappa shape index (κ2) is 8.09. The molecular weight excluding hydrogens is 467 g/mol. The standard InChI is InChI=1S/C17H27IN2O5Si/c1-17(2,3)26(4,5)24-10-13-12(9-21)15(25-13)20-8-11(6-7-18)14(22)19-16(20)23/h6-8,12-13,15,21H,9-10H2,1-5H3,(H,19,22,23)/t12-,13-,15-/m1/s1. The van der Waals surface area contributed by atoms with Gasteiger partial charge in [0, 0.05) is 6.20 Å². The molecule has 1 fully saturated rings. The number of H-pyrrole nitrogens is 1. The summed E-state index contributed by atoms with van der Waals surface area (Å²) < 4.78 is 15.0. The third-order valence-corrected chi connectivity index (χ3v) is 10.2. The van der Waals surface area contributed by atoms with E-state index >= 15 is 0 Å². The highest BCUT2D eigenvalue weighted by Crippen LogP contribution is 2.40. The molecule has 1 aliphatic heterocycles. The van der Waals surface area contributed by atoms with Crippen LogP contribution >= 0.6 is 22.6 Å². The van der Waals surface area contributed by atoms with Crippen molar-refractivity contribution in [3.05, 3.63) is 36.7 Å². The minimum Gasteiger partial charge on any atom is -0.414 e. The van der Waals surface area contributed by atoms with Crippen LogP contribution in [0.3, 0.4) is 0 Å². The molecule has 2 rings (SSSR count). The summed E-state index contributed by atoms with van der Waals surface area (Å²) in [6.07, 6.45) is 2.19. The van der Waals surface area contributed by atoms with E-state index in [0.717, 1.165) is 0 Å². The molecule has 0 bridgehead atoms. The van der Waals surface area contributed by atoms with E-state index in [1.165, 1.54) is 10.8 Å². The number of aromatic nitrogens is 2. The molecule has 0 saturated carbocycles. The number of aliphatic hydroxyl groups excluding tert-OH is 1. The first kappa shape index (κ1) is 21.5. The first-order valence-electron chi connectivity index (χ1n) is 8.54. The molecule has 9 heteroatoms. The Balaban J connectivity index is 2.15. The van der Waals surface area contributed by atoms with Crippen molar-refractivity contribution in [2.45, 2.75) is 51.2 Å². The molecular formula is C17H27IN2O5Si. The second-order valence-electron chi connectivity index (χ2n) is 8.03. The Morgan fingerprint density at radius 2 is 2.08 bits per heavy atom. The largest absolute Gasteiger partial charge is 0.414 e. The van der Waals surface area contributed by atoms with Crippen molar-refractivity contribution in [3.8, 4) is 0 Å². The van der Waals surface area contributed by atoms with E-state index in [0.29, 0.717) is 12.2 Å². The van der Waals surface area contributed by atoms with Crippen LogP contribution in [0.25, 0.3) is 6.08 Å². The van der Waals surface area contributed by atoms with Gasteiger partial charge >= 0.3 is 5.69 Å². The molecule has 0 spiro atoms. The molecule has 2 N–H and O–H groups in total. The summed E-state index contributed by atoms with van der Waals surface area (Å²) in [5.41, 5.74) is -0.634. The minimum atomic E-state index is -1.92. The highest BCUT2D eigenvalue weighted by atomic mass is 127. The Bertz CT molecular complexity index is 781. The van der Waals surface area contributed by atoms with Crippen LogP contribution in [0.2, 0.25) is 18.1 Å². The Kier molecular flexibility index (Phi) is 6.70. The molecule has 146 valence electrons. The van der Waals surface area contributed by atoms with Gasteiger partial charge < -0.3 is 14.3 Å². The van der Waals surface area contributed by atoms with Gasteiger partial charge in [0.2, 0.25) is 0 Å². The first-order valence-corrected chi connectivity index (χ1v) is 12.7. The molecule has 0 amide bonds. The number of halogens is 1. The van der Waals surface area contributed by atoms with Crippen molar-refractivity contribution in [1.82, 2.24) is 9.55 Å². The van der Waals surface area contributed by atoms with E-state index in [4.69, 9.17) is 9.16 Å². The molecule has 3 atom stereocenters. The molecule has 0 radical (unpaired) electrons.